The Labute approximate surface area is 156 Å². The van der Waals surface area contributed by atoms with Gasteiger partial charge in [-0.3, -0.25) is 19.3 Å². The molecule has 2 heterocycles. The van der Waals surface area contributed by atoms with Crippen molar-refractivity contribution in [2.45, 2.75) is 6.42 Å². The molecule has 0 atom stereocenters. The number of likely N-dealkylation sites (N-methyl/N-ethyl adjacent to an activating group) is 1. The topological polar surface area (TPSA) is 79.0 Å². The first-order chi connectivity index (χ1) is 13.0. The van der Waals surface area contributed by atoms with Crippen molar-refractivity contribution in [3.8, 4) is 5.75 Å². The quantitative estimate of drug-likeness (QED) is 0.840. The van der Waals surface area contributed by atoms with Crippen molar-refractivity contribution in [1.82, 2.24) is 4.90 Å². The molecular weight excluding hydrogens is 346 g/mol. The average molecular weight is 365 g/mol. The predicted octanol–water partition coefficient (Wildman–Crippen LogP) is 2.14. The van der Waals surface area contributed by atoms with Crippen LogP contribution in [0.5, 0.6) is 5.75 Å². The summed E-state index contributed by atoms with van der Waals surface area (Å²) in [5.74, 6) is -0.250. The minimum absolute atomic E-state index is 0.0311. The fourth-order valence-electron chi connectivity index (χ4n) is 3.31. The number of carbonyl (C=O) groups excluding carboxylic acids is 3. The SMILES string of the molecule is CN1CCOc2cc(NC(=O)CCN3C(=O)c4ccccc4C3=O)ccc21. The monoisotopic (exact) mass is 365 g/mol. The summed E-state index contributed by atoms with van der Waals surface area (Å²) in [5.41, 5.74) is 2.37. The normalized spacial score (nSPS) is 15.3. The first-order valence-corrected chi connectivity index (χ1v) is 8.77. The van der Waals surface area contributed by atoms with Gasteiger partial charge in [0.1, 0.15) is 12.4 Å². The number of imide groups is 1. The molecular formula is C20H19N3O4. The Morgan fingerprint density at radius 2 is 1.81 bits per heavy atom. The van der Waals surface area contributed by atoms with Crippen molar-refractivity contribution in [3.05, 3.63) is 53.6 Å². The number of anilines is 2. The summed E-state index contributed by atoms with van der Waals surface area (Å²) in [4.78, 5) is 40.1. The molecule has 2 aromatic rings. The summed E-state index contributed by atoms with van der Waals surface area (Å²) in [6.07, 6.45) is 0.0311. The van der Waals surface area contributed by atoms with E-state index in [0.29, 0.717) is 23.4 Å². The summed E-state index contributed by atoms with van der Waals surface area (Å²) in [7, 11) is 1.99. The van der Waals surface area contributed by atoms with E-state index in [4.69, 9.17) is 4.74 Å². The third-order valence-corrected chi connectivity index (χ3v) is 4.78. The van der Waals surface area contributed by atoms with E-state index in [1.54, 1.807) is 30.3 Å². The zero-order valence-corrected chi connectivity index (χ0v) is 14.9. The minimum Gasteiger partial charge on any atom is -0.489 e. The molecule has 27 heavy (non-hydrogen) atoms. The third-order valence-electron chi connectivity index (χ3n) is 4.78. The van der Waals surface area contributed by atoms with Gasteiger partial charge in [-0.1, -0.05) is 12.1 Å². The molecule has 0 aromatic heterocycles. The van der Waals surface area contributed by atoms with E-state index >= 15 is 0 Å². The van der Waals surface area contributed by atoms with Gasteiger partial charge in [0.15, 0.2) is 0 Å². The van der Waals surface area contributed by atoms with Gasteiger partial charge in [-0.05, 0) is 24.3 Å². The molecule has 0 unspecified atom stereocenters. The number of hydrogen-bond donors (Lipinski definition) is 1. The maximum atomic E-state index is 12.3. The molecule has 4 rings (SSSR count). The van der Waals surface area contributed by atoms with E-state index in [2.05, 4.69) is 10.2 Å². The van der Waals surface area contributed by atoms with E-state index in [1.165, 1.54) is 0 Å². The summed E-state index contributed by atoms with van der Waals surface area (Å²) in [6.45, 7) is 1.46. The number of fused-ring (bicyclic) bond motifs is 2. The molecule has 0 aliphatic carbocycles. The molecule has 3 amide bonds. The lowest BCUT2D eigenvalue weighted by atomic mass is 10.1. The van der Waals surface area contributed by atoms with Crippen LogP contribution in [0.1, 0.15) is 27.1 Å². The van der Waals surface area contributed by atoms with Crippen LogP contribution in [0.4, 0.5) is 11.4 Å². The highest BCUT2D eigenvalue weighted by Gasteiger charge is 2.34. The molecule has 0 spiro atoms. The molecule has 1 N–H and O–H groups in total. The van der Waals surface area contributed by atoms with Crippen LogP contribution in [0.25, 0.3) is 0 Å². The van der Waals surface area contributed by atoms with Crippen LogP contribution in [0.15, 0.2) is 42.5 Å². The number of amides is 3. The standard InChI is InChI=1S/C20H19N3O4/c1-22-10-11-27-17-12-13(6-7-16(17)22)21-18(24)8-9-23-19(25)14-4-2-3-5-15(14)20(23)26/h2-7,12H,8-11H2,1H3,(H,21,24). The summed E-state index contributed by atoms with van der Waals surface area (Å²) in [5, 5.41) is 2.79. The predicted molar refractivity (Wildman–Crippen MR) is 100 cm³/mol. The molecule has 0 bridgehead atoms. The highest BCUT2D eigenvalue weighted by atomic mass is 16.5. The fourth-order valence-corrected chi connectivity index (χ4v) is 3.31. The van der Waals surface area contributed by atoms with E-state index in [9.17, 15) is 14.4 Å². The van der Waals surface area contributed by atoms with Crippen molar-refractivity contribution in [2.24, 2.45) is 0 Å². The molecule has 0 radical (unpaired) electrons. The van der Waals surface area contributed by atoms with Crippen molar-refractivity contribution in [2.75, 3.05) is 37.0 Å². The van der Waals surface area contributed by atoms with Crippen molar-refractivity contribution >= 4 is 29.1 Å². The second kappa shape index (κ2) is 6.75. The summed E-state index contributed by atoms with van der Waals surface area (Å²) < 4.78 is 5.63. The van der Waals surface area contributed by atoms with Crippen LogP contribution in [-0.2, 0) is 4.79 Å². The van der Waals surface area contributed by atoms with Gasteiger partial charge < -0.3 is 15.0 Å². The van der Waals surface area contributed by atoms with Crippen molar-refractivity contribution < 1.29 is 19.1 Å². The number of benzene rings is 2. The molecule has 7 nitrogen and oxygen atoms in total. The van der Waals surface area contributed by atoms with E-state index in [-0.39, 0.29) is 30.7 Å². The van der Waals surface area contributed by atoms with Crippen molar-refractivity contribution in [3.63, 3.8) is 0 Å². The highest BCUT2D eigenvalue weighted by Crippen LogP contribution is 2.33. The Morgan fingerprint density at radius 1 is 1.11 bits per heavy atom. The first kappa shape index (κ1) is 17.1. The molecule has 0 fully saturated rings. The molecule has 0 saturated heterocycles. The summed E-state index contributed by atoms with van der Waals surface area (Å²) >= 11 is 0. The van der Waals surface area contributed by atoms with Gasteiger partial charge in [0, 0.05) is 31.8 Å². The van der Waals surface area contributed by atoms with Gasteiger partial charge in [0.05, 0.1) is 23.4 Å². The number of carbonyl (C=O) groups is 3. The van der Waals surface area contributed by atoms with Crippen LogP contribution in [0, 0.1) is 0 Å². The van der Waals surface area contributed by atoms with Crippen LogP contribution >= 0.6 is 0 Å². The van der Waals surface area contributed by atoms with E-state index in [1.807, 2.05) is 19.2 Å². The fraction of sp³-hybridized carbons (Fsp3) is 0.250. The highest BCUT2D eigenvalue weighted by molar-refractivity contribution is 6.21. The van der Waals surface area contributed by atoms with Crippen LogP contribution in [-0.4, -0.2) is 49.4 Å². The molecule has 138 valence electrons. The molecule has 2 aliphatic heterocycles. The smallest absolute Gasteiger partial charge is 0.261 e. The van der Waals surface area contributed by atoms with Crippen LogP contribution in [0.2, 0.25) is 0 Å². The molecule has 7 heteroatoms. The lowest BCUT2D eigenvalue weighted by Gasteiger charge is -2.28. The van der Waals surface area contributed by atoms with Gasteiger partial charge in [0.25, 0.3) is 11.8 Å². The maximum absolute atomic E-state index is 12.3. The van der Waals surface area contributed by atoms with Gasteiger partial charge in [-0.2, -0.15) is 0 Å². The van der Waals surface area contributed by atoms with Crippen molar-refractivity contribution in [1.29, 1.82) is 0 Å². The zero-order valence-electron chi connectivity index (χ0n) is 14.9. The summed E-state index contributed by atoms with van der Waals surface area (Å²) in [6, 6.07) is 12.2. The number of nitrogens with zero attached hydrogens (tertiary/aromatic N) is 2. The van der Waals surface area contributed by atoms with Crippen LogP contribution < -0.4 is 15.0 Å². The van der Waals surface area contributed by atoms with Gasteiger partial charge in [-0.15, -0.1) is 0 Å². The Balaban J connectivity index is 1.38. The Morgan fingerprint density at radius 3 is 2.52 bits per heavy atom. The van der Waals surface area contributed by atoms with Crippen LogP contribution in [0.3, 0.4) is 0 Å². The number of hydrogen-bond acceptors (Lipinski definition) is 5. The third kappa shape index (κ3) is 3.12. The van der Waals surface area contributed by atoms with Gasteiger partial charge >= 0.3 is 0 Å². The minimum atomic E-state index is -0.353. The first-order valence-electron chi connectivity index (χ1n) is 8.77. The van der Waals surface area contributed by atoms with Gasteiger partial charge in [-0.25, -0.2) is 0 Å². The second-order valence-corrected chi connectivity index (χ2v) is 6.56. The molecule has 2 aromatic carbocycles. The number of rotatable bonds is 4. The Hall–Kier alpha value is -3.35. The largest absolute Gasteiger partial charge is 0.489 e. The van der Waals surface area contributed by atoms with E-state index in [0.717, 1.165) is 22.9 Å². The Kier molecular flexibility index (Phi) is 4.27. The van der Waals surface area contributed by atoms with E-state index < -0.39 is 0 Å². The second-order valence-electron chi connectivity index (χ2n) is 6.56. The maximum Gasteiger partial charge on any atom is 0.261 e. The Bertz CT molecular complexity index is 906. The molecule has 2 aliphatic rings. The lowest BCUT2D eigenvalue weighted by molar-refractivity contribution is -0.116. The lowest BCUT2D eigenvalue weighted by Crippen LogP contribution is -2.33. The zero-order chi connectivity index (χ0) is 19.0. The molecule has 0 saturated carbocycles. The average Bonchev–Trinajstić information content (AvgIpc) is 2.91. The number of nitrogens with one attached hydrogen (secondary N) is 1. The van der Waals surface area contributed by atoms with Gasteiger partial charge in [0.2, 0.25) is 5.91 Å². The number of ether oxygens (including phenoxy) is 1.